The molecular formula is C14H11ClN2. The van der Waals surface area contributed by atoms with Gasteiger partial charge < -0.3 is 0 Å². The van der Waals surface area contributed by atoms with Gasteiger partial charge in [0, 0.05) is 11.8 Å². The molecular weight excluding hydrogens is 232 g/mol. The van der Waals surface area contributed by atoms with E-state index in [1.54, 1.807) is 0 Å². The number of rotatable bonds is 1. The first-order valence-electron chi connectivity index (χ1n) is 5.45. The van der Waals surface area contributed by atoms with Crippen LogP contribution in [-0.4, -0.2) is 9.38 Å². The second-order valence-corrected chi connectivity index (χ2v) is 4.46. The van der Waals surface area contributed by atoms with Gasteiger partial charge in [-0.1, -0.05) is 47.5 Å². The van der Waals surface area contributed by atoms with Gasteiger partial charge in [0.05, 0.1) is 5.69 Å². The van der Waals surface area contributed by atoms with Crippen LogP contribution in [0.3, 0.4) is 0 Å². The highest BCUT2D eigenvalue weighted by molar-refractivity contribution is 6.29. The van der Waals surface area contributed by atoms with Gasteiger partial charge in [-0.2, -0.15) is 0 Å². The Morgan fingerprint density at radius 3 is 2.53 bits per heavy atom. The summed E-state index contributed by atoms with van der Waals surface area (Å²) in [6.45, 7) is 2.07. The minimum atomic E-state index is 0.674. The van der Waals surface area contributed by atoms with Gasteiger partial charge in [-0.05, 0) is 19.1 Å². The van der Waals surface area contributed by atoms with Crippen molar-refractivity contribution in [1.29, 1.82) is 0 Å². The van der Waals surface area contributed by atoms with E-state index in [1.807, 2.05) is 28.8 Å². The second kappa shape index (κ2) is 3.90. The fourth-order valence-electron chi connectivity index (χ4n) is 1.84. The van der Waals surface area contributed by atoms with E-state index in [4.69, 9.17) is 11.6 Å². The standard InChI is InChI=1S/C14H11ClN2/c1-10-5-7-11(8-6-10)12-9-17-13(15)3-2-4-14(17)16-12/h2-9H,1H3. The lowest BCUT2D eigenvalue weighted by molar-refractivity contribution is 1.19. The zero-order chi connectivity index (χ0) is 11.8. The Morgan fingerprint density at radius 2 is 1.82 bits per heavy atom. The van der Waals surface area contributed by atoms with Crippen molar-refractivity contribution >= 4 is 17.2 Å². The van der Waals surface area contributed by atoms with E-state index >= 15 is 0 Å². The van der Waals surface area contributed by atoms with Crippen molar-refractivity contribution in [2.75, 3.05) is 0 Å². The average Bonchev–Trinajstić information content (AvgIpc) is 2.75. The number of fused-ring (bicyclic) bond motifs is 1. The van der Waals surface area contributed by atoms with Crippen molar-refractivity contribution in [3.8, 4) is 11.3 Å². The number of aryl methyl sites for hydroxylation is 1. The highest BCUT2D eigenvalue weighted by Gasteiger charge is 2.05. The zero-order valence-corrected chi connectivity index (χ0v) is 10.1. The molecule has 0 aliphatic carbocycles. The normalized spacial score (nSPS) is 10.9. The molecule has 0 aliphatic rings. The molecule has 0 spiro atoms. The molecule has 3 rings (SSSR count). The van der Waals surface area contributed by atoms with Crippen molar-refractivity contribution in [3.63, 3.8) is 0 Å². The highest BCUT2D eigenvalue weighted by Crippen LogP contribution is 2.21. The molecule has 3 aromatic rings. The highest BCUT2D eigenvalue weighted by atomic mass is 35.5. The van der Waals surface area contributed by atoms with Gasteiger partial charge in [0.1, 0.15) is 10.8 Å². The molecule has 0 fully saturated rings. The summed E-state index contributed by atoms with van der Waals surface area (Å²) in [5, 5.41) is 0.674. The van der Waals surface area contributed by atoms with Crippen molar-refractivity contribution in [3.05, 3.63) is 59.4 Å². The number of imidazole rings is 1. The van der Waals surface area contributed by atoms with Crippen LogP contribution in [-0.2, 0) is 0 Å². The molecule has 3 heteroatoms. The summed E-state index contributed by atoms with van der Waals surface area (Å²) < 4.78 is 1.89. The van der Waals surface area contributed by atoms with Crippen molar-refractivity contribution in [2.24, 2.45) is 0 Å². The summed E-state index contributed by atoms with van der Waals surface area (Å²) in [7, 11) is 0. The first-order chi connectivity index (χ1) is 8.24. The predicted octanol–water partition coefficient (Wildman–Crippen LogP) is 3.96. The van der Waals surface area contributed by atoms with Crippen LogP contribution in [0.1, 0.15) is 5.56 Å². The molecule has 0 unspecified atom stereocenters. The zero-order valence-electron chi connectivity index (χ0n) is 9.39. The maximum absolute atomic E-state index is 6.11. The van der Waals surface area contributed by atoms with E-state index in [9.17, 15) is 0 Å². The third-order valence-corrected chi connectivity index (χ3v) is 3.10. The molecule has 0 atom stereocenters. The van der Waals surface area contributed by atoms with E-state index in [-0.39, 0.29) is 0 Å². The lowest BCUT2D eigenvalue weighted by atomic mass is 10.1. The van der Waals surface area contributed by atoms with Crippen LogP contribution < -0.4 is 0 Å². The molecule has 0 amide bonds. The third-order valence-electron chi connectivity index (χ3n) is 2.79. The first-order valence-corrected chi connectivity index (χ1v) is 5.82. The van der Waals surface area contributed by atoms with Crippen LogP contribution >= 0.6 is 11.6 Å². The van der Waals surface area contributed by atoms with Crippen LogP contribution in [0.25, 0.3) is 16.9 Å². The molecule has 2 nitrogen and oxygen atoms in total. The molecule has 0 radical (unpaired) electrons. The monoisotopic (exact) mass is 242 g/mol. The quantitative estimate of drug-likeness (QED) is 0.591. The van der Waals surface area contributed by atoms with Crippen LogP contribution in [0.4, 0.5) is 0 Å². The molecule has 17 heavy (non-hydrogen) atoms. The molecule has 0 saturated heterocycles. The van der Waals surface area contributed by atoms with E-state index in [1.165, 1.54) is 5.56 Å². The minimum Gasteiger partial charge on any atom is -0.290 e. The van der Waals surface area contributed by atoms with E-state index < -0.39 is 0 Å². The Hall–Kier alpha value is -1.80. The molecule has 84 valence electrons. The van der Waals surface area contributed by atoms with Crippen LogP contribution in [0, 0.1) is 6.92 Å². The van der Waals surface area contributed by atoms with Crippen LogP contribution in [0.15, 0.2) is 48.7 Å². The lowest BCUT2D eigenvalue weighted by Gasteiger charge is -1.96. The number of nitrogens with zero attached hydrogens (tertiary/aromatic N) is 2. The maximum atomic E-state index is 6.11. The SMILES string of the molecule is Cc1ccc(-c2cn3c(Cl)cccc3n2)cc1. The fourth-order valence-corrected chi connectivity index (χ4v) is 2.05. The fraction of sp³-hybridized carbons (Fsp3) is 0.0714. The summed E-state index contributed by atoms with van der Waals surface area (Å²) in [5.41, 5.74) is 4.16. The summed E-state index contributed by atoms with van der Waals surface area (Å²) in [4.78, 5) is 4.55. The van der Waals surface area contributed by atoms with Gasteiger partial charge in [-0.25, -0.2) is 4.98 Å². The maximum Gasteiger partial charge on any atom is 0.138 e. The molecule has 2 aromatic heterocycles. The average molecular weight is 243 g/mol. The van der Waals surface area contributed by atoms with Crippen molar-refractivity contribution < 1.29 is 0 Å². The third kappa shape index (κ3) is 1.81. The van der Waals surface area contributed by atoms with E-state index in [0.29, 0.717) is 5.15 Å². The van der Waals surface area contributed by atoms with E-state index in [0.717, 1.165) is 16.9 Å². The Morgan fingerprint density at radius 1 is 1.06 bits per heavy atom. The Bertz CT molecular complexity index is 668. The van der Waals surface area contributed by atoms with Gasteiger partial charge in [0.2, 0.25) is 0 Å². The van der Waals surface area contributed by atoms with Crippen LogP contribution in [0.5, 0.6) is 0 Å². The topological polar surface area (TPSA) is 17.3 Å². The Kier molecular flexibility index (Phi) is 2.37. The summed E-state index contributed by atoms with van der Waals surface area (Å²) >= 11 is 6.11. The number of hydrogen-bond donors (Lipinski definition) is 0. The minimum absolute atomic E-state index is 0.674. The predicted molar refractivity (Wildman–Crippen MR) is 70.4 cm³/mol. The lowest BCUT2D eigenvalue weighted by Crippen LogP contribution is -1.82. The molecule has 2 heterocycles. The number of benzene rings is 1. The second-order valence-electron chi connectivity index (χ2n) is 4.07. The van der Waals surface area contributed by atoms with E-state index in [2.05, 4.69) is 36.2 Å². The van der Waals surface area contributed by atoms with Gasteiger partial charge in [0.15, 0.2) is 0 Å². The van der Waals surface area contributed by atoms with Crippen molar-refractivity contribution in [2.45, 2.75) is 6.92 Å². The van der Waals surface area contributed by atoms with Gasteiger partial charge in [-0.15, -0.1) is 0 Å². The smallest absolute Gasteiger partial charge is 0.138 e. The molecule has 0 N–H and O–H groups in total. The molecule has 1 aromatic carbocycles. The largest absolute Gasteiger partial charge is 0.290 e. The number of pyridine rings is 1. The summed E-state index contributed by atoms with van der Waals surface area (Å²) in [6, 6.07) is 14.0. The molecule has 0 aliphatic heterocycles. The van der Waals surface area contributed by atoms with Gasteiger partial charge in [-0.3, -0.25) is 4.40 Å². The number of hydrogen-bond acceptors (Lipinski definition) is 1. The Labute approximate surface area is 104 Å². The Balaban J connectivity index is 2.18. The molecule has 0 saturated carbocycles. The summed E-state index contributed by atoms with van der Waals surface area (Å²) in [6.07, 6.45) is 1.96. The number of aromatic nitrogens is 2. The van der Waals surface area contributed by atoms with Crippen LogP contribution in [0.2, 0.25) is 5.15 Å². The first kappa shape index (κ1) is 10.4. The van der Waals surface area contributed by atoms with Gasteiger partial charge >= 0.3 is 0 Å². The molecule has 0 bridgehead atoms. The van der Waals surface area contributed by atoms with Crippen molar-refractivity contribution in [1.82, 2.24) is 9.38 Å². The summed E-state index contributed by atoms with van der Waals surface area (Å²) in [5.74, 6) is 0. The van der Waals surface area contributed by atoms with Gasteiger partial charge in [0.25, 0.3) is 0 Å². The number of halogens is 1.